The Bertz CT molecular complexity index is 883. The Kier molecular flexibility index (Phi) is 4.90. The third-order valence-corrected chi connectivity index (χ3v) is 8.10. The molecule has 0 aliphatic carbocycles. The van der Waals surface area contributed by atoms with Crippen molar-refractivity contribution in [3.8, 4) is 0 Å². The summed E-state index contributed by atoms with van der Waals surface area (Å²) in [5, 5.41) is 6.65. The first kappa shape index (κ1) is 17.3. The molecule has 2 aromatic rings. The lowest BCUT2D eigenvalue weighted by Crippen LogP contribution is -2.45. The van der Waals surface area contributed by atoms with Crippen molar-refractivity contribution in [3.63, 3.8) is 0 Å². The number of hydrogen-bond donors (Lipinski definition) is 2. The zero-order chi connectivity index (χ0) is 17.3. The molecule has 2 aromatic heterocycles. The molecule has 7 nitrogen and oxygen atoms in total. The molecule has 0 radical (unpaired) electrons. The average molecular weight is 388 g/mol. The smallest absolute Gasteiger partial charge is 0.305 e. The predicted molar refractivity (Wildman–Crippen MR) is 92.8 cm³/mol. The quantitative estimate of drug-likeness (QED) is 0.807. The van der Waals surface area contributed by atoms with Gasteiger partial charge in [-0.15, -0.1) is 0 Å². The molecule has 0 spiro atoms. The van der Waals surface area contributed by atoms with E-state index in [1.165, 1.54) is 4.31 Å². The Morgan fingerprint density at radius 3 is 2.92 bits per heavy atom. The van der Waals surface area contributed by atoms with Crippen molar-refractivity contribution < 1.29 is 13.2 Å². The standard InChI is InChI=1S/C14H17N3O4S3/c1-9-13(23-14(19)16-9)24(20,21)17-5-2-3-11(17)12(18)15-7-10-4-6-22-8-10/h4,6,8,11H,2-3,5,7H2,1H3,(H,15,18)(H,16,19)/t11-/m1/s1. The fourth-order valence-corrected chi connectivity index (χ4v) is 6.47. The topological polar surface area (TPSA) is 99.3 Å². The molecule has 0 unspecified atom stereocenters. The van der Waals surface area contributed by atoms with E-state index in [4.69, 9.17) is 0 Å². The second kappa shape index (κ2) is 6.79. The summed E-state index contributed by atoms with van der Waals surface area (Å²) < 4.78 is 26.8. The van der Waals surface area contributed by atoms with Crippen LogP contribution in [0.2, 0.25) is 0 Å². The Hall–Kier alpha value is -1.49. The molecule has 1 saturated heterocycles. The second-order valence-electron chi connectivity index (χ2n) is 5.55. The van der Waals surface area contributed by atoms with E-state index in [2.05, 4.69) is 10.3 Å². The van der Waals surface area contributed by atoms with Gasteiger partial charge in [-0.3, -0.25) is 9.59 Å². The van der Waals surface area contributed by atoms with E-state index in [0.29, 0.717) is 36.4 Å². The molecule has 1 aliphatic rings. The molecule has 10 heteroatoms. The summed E-state index contributed by atoms with van der Waals surface area (Å²) >= 11 is 2.20. The predicted octanol–water partition coefficient (Wildman–Crippen LogP) is 1.28. The lowest BCUT2D eigenvalue weighted by atomic mass is 10.2. The van der Waals surface area contributed by atoms with Gasteiger partial charge in [-0.25, -0.2) is 8.42 Å². The third-order valence-electron chi connectivity index (χ3n) is 3.88. The van der Waals surface area contributed by atoms with Crippen molar-refractivity contribution in [1.82, 2.24) is 14.6 Å². The minimum Gasteiger partial charge on any atom is -0.351 e. The maximum absolute atomic E-state index is 12.8. The van der Waals surface area contributed by atoms with Crippen LogP contribution in [-0.4, -0.2) is 36.2 Å². The van der Waals surface area contributed by atoms with E-state index in [1.807, 2.05) is 16.8 Å². The molecular formula is C14H17N3O4S3. The number of carbonyl (C=O) groups is 1. The van der Waals surface area contributed by atoms with Gasteiger partial charge in [0.2, 0.25) is 5.91 Å². The molecule has 0 aromatic carbocycles. The highest BCUT2D eigenvalue weighted by Crippen LogP contribution is 2.28. The van der Waals surface area contributed by atoms with Crippen LogP contribution in [0.4, 0.5) is 0 Å². The highest BCUT2D eigenvalue weighted by atomic mass is 32.2. The number of nitrogens with one attached hydrogen (secondary N) is 2. The number of aromatic nitrogens is 1. The zero-order valence-electron chi connectivity index (χ0n) is 12.9. The van der Waals surface area contributed by atoms with Gasteiger partial charge in [0.1, 0.15) is 6.04 Å². The van der Waals surface area contributed by atoms with Crippen molar-refractivity contribution in [2.75, 3.05) is 6.54 Å². The van der Waals surface area contributed by atoms with Crippen LogP contribution >= 0.6 is 22.7 Å². The fourth-order valence-electron chi connectivity index (χ4n) is 2.73. The molecule has 3 rings (SSSR count). The maximum atomic E-state index is 12.8. The summed E-state index contributed by atoms with van der Waals surface area (Å²) in [4.78, 5) is 25.9. The summed E-state index contributed by atoms with van der Waals surface area (Å²) in [6, 6.07) is 1.18. The van der Waals surface area contributed by atoms with Gasteiger partial charge in [0.15, 0.2) is 4.21 Å². The number of sulfonamides is 1. The number of amides is 1. The van der Waals surface area contributed by atoms with E-state index in [1.54, 1.807) is 18.3 Å². The van der Waals surface area contributed by atoms with E-state index in [9.17, 15) is 18.0 Å². The molecule has 3 heterocycles. The summed E-state index contributed by atoms with van der Waals surface area (Å²) in [5.41, 5.74) is 1.30. The normalized spacial score (nSPS) is 18.8. The van der Waals surface area contributed by atoms with Crippen molar-refractivity contribution in [2.45, 2.75) is 36.6 Å². The Balaban J connectivity index is 1.78. The lowest BCUT2D eigenvalue weighted by Gasteiger charge is -2.22. The van der Waals surface area contributed by atoms with Crippen LogP contribution in [0, 0.1) is 6.92 Å². The van der Waals surface area contributed by atoms with Crippen LogP contribution in [0.15, 0.2) is 25.8 Å². The van der Waals surface area contributed by atoms with E-state index >= 15 is 0 Å². The fraction of sp³-hybridized carbons (Fsp3) is 0.429. The van der Waals surface area contributed by atoms with Gasteiger partial charge < -0.3 is 10.3 Å². The Morgan fingerprint density at radius 1 is 1.50 bits per heavy atom. The maximum Gasteiger partial charge on any atom is 0.305 e. The van der Waals surface area contributed by atoms with Gasteiger partial charge in [0, 0.05) is 18.8 Å². The molecule has 2 N–H and O–H groups in total. The number of rotatable bonds is 5. The number of thiophene rings is 1. The number of carbonyl (C=O) groups excluding carboxylic acids is 1. The number of H-pyrrole nitrogens is 1. The van der Waals surface area contributed by atoms with Crippen LogP contribution in [0.1, 0.15) is 24.1 Å². The largest absolute Gasteiger partial charge is 0.351 e. The summed E-state index contributed by atoms with van der Waals surface area (Å²) in [7, 11) is -3.85. The van der Waals surface area contributed by atoms with Crippen LogP contribution in [0.3, 0.4) is 0 Å². The SMILES string of the molecule is Cc1[nH]c(=O)sc1S(=O)(=O)N1CCC[C@@H]1C(=O)NCc1ccsc1. The van der Waals surface area contributed by atoms with Crippen LogP contribution < -0.4 is 10.2 Å². The number of thiazole rings is 1. The van der Waals surface area contributed by atoms with E-state index in [-0.39, 0.29) is 16.7 Å². The highest BCUT2D eigenvalue weighted by molar-refractivity contribution is 7.91. The van der Waals surface area contributed by atoms with Crippen LogP contribution in [-0.2, 0) is 21.4 Å². The molecule has 24 heavy (non-hydrogen) atoms. The Labute approximate surface area is 147 Å². The van der Waals surface area contributed by atoms with E-state index in [0.717, 1.165) is 5.56 Å². The molecule has 0 saturated carbocycles. The third kappa shape index (κ3) is 3.32. The first-order chi connectivity index (χ1) is 11.4. The number of hydrogen-bond acceptors (Lipinski definition) is 6. The summed E-state index contributed by atoms with van der Waals surface area (Å²) in [5.74, 6) is -0.303. The number of nitrogens with zero attached hydrogens (tertiary/aromatic N) is 1. The van der Waals surface area contributed by atoms with Crippen molar-refractivity contribution in [3.05, 3.63) is 37.8 Å². The minimum atomic E-state index is -3.85. The Morgan fingerprint density at radius 2 is 2.29 bits per heavy atom. The van der Waals surface area contributed by atoms with Gasteiger partial charge in [0.05, 0.1) is 0 Å². The molecule has 1 atom stereocenters. The van der Waals surface area contributed by atoms with Crippen molar-refractivity contribution >= 4 is 38.6 Å². The average Bonchev–Trinajstić information content (AvgIpc) is 3.25. The molecular weight excluding hydrogens is 370 g/mol. The first-order valence-corrected chi connectivity index (χ1v) is 10.6. The van der Waals surface area contributed by atoms with Gasteiger partial charge in [-0.05, 0) is 42.2 Å². The first-order valence-electron chi connectivity index (χ1n) is 7.40. The van der Waals surface area contributed by atoms with Gasteiger partial charge in [-0.1, -0.05) is 11.3 Å². The number of aryl methyl sites for hydroxylation is 1. The van der Waals surface area contributed by atoms with Gasteiger partial charge >= 0.3 is 4.87 Å². The molecule has 130 valence electrons. The molecule has 1 amide bonds. The van der Waals surface area contributed by atoms with Crippen molar-refractivity contribution in [2.24, 2.45) is 0 Å². The zero-order valence-corrected chi connectivity index (χ0v) is 15.4. The lowest BCUT2D eigenvalue weighted by molar-refractivity contribution is -0.124. The molecule has 1 aliphatic heterocycles. The van der Waals surface area contributed by atoms with Crippen LogP contribution in [0.25, 0.3) is 0 Å². The van der Waals surface area contributed by atoms with E-state index < -0.39 is 20.9 Å². The minimum absolute atomic E-state index is 0.00923. The van der Waals surface area contributed by atoms with Crippen molar-refractivity contribution in [1.29, 1.82) is 0 Å². The van der Waals surface area contributed by atoms with Gasteiger partial charge in [-0.2, -0.15) is 15.6 Å². The second-order valence-corrected chi connectivity index (χ2v) is 9.40. The highest BCUT2D eigenvalue weighted by Gasteiger charge is 2.40. The number of aromatic amines is 1. The summed E-state index contributed by atoms with van der Waals surface area (Å²) in [6.07, 6.45) is 1.10. The molecule has 1 fully saturated rings. The van der Waals surface area contributed by atoms with Gasteiger partial charge in [0.25, 0.3) is 10.0 Å². The molecule has 0 bridgehead atoms. The summed E-state index contributed by atoms with van der Waals surface area (Å²) in [6.45, 7) is 2.21. The monoisotopic (exact) mass is 387 g/mol. The van der Waals surface area contributed by atoms with Crippen LogP contribution in [0.5, 0.6) is 0 Å².